The number of H-pyrrole nitrogens is 1. The second kappa shape index (κ2) is 6.87. The monoisotopic (exact) mass is 316 g/mol. The Balaban J connectivity index is 2.27. The van der Waals surface area contributed by atoms with E-state index in [0.717, 1.165) is 24.2 Å². The number of hydrogen-bond acceptors (Lipinski definition) is 5. The van der Waals surface area contributed by atoms with E-state index in [1.807, 2.05) is 13.8 Å². The van der Waals surface area contributed by atoms with E-state index in [1.165, 1.54) is 4.31 Å². The highest BCUT2D eigenvalue weighted by molar-refractivity contribution is 7.89. The average molecular weight is 316 g/mol. The summed E-state index contributed by atoms with van der Waals surface area (Å²) in [6.45, 7) is 8.34. The zero-order chi connectivity index (χ0) is 15.5. The molecule has 0 bridgehead atoms. The van der Waals surface area contributed by atoms with Crippen LogP contribution >= 0.6 is 0 Å². The van der Waals surface area contributed by atoms with Gasteiger partial charge in [0.25, 0.3) is 10.0 Å². The van der Waals surface area contributed by atoms with Gasteiger partial charge in [-0.15, -0.1) is 0 Å². The molecule has 0 aliphatic carbocycles. The molecule has 8 heteroatoms. The summed E-state index contributed by atoms with van der Waals surface area (Å²) in [5.41, 5.74) is 1.51. The molecule has 120 valence electrons. The first-order valence-corrected chi connectivity index (χ1v) is 8.76. The van der Waals surface area contributed by atoms with Crippen molar-refractivity contribution >= 4 is 10.0 Å². The van der Waals surface area contributed by atoms with Crippen molar-refractivity contribution in [2.24, 2.45) is 0 Å². The summed E-state index contributed by atoms with van der Waals surface area (Å²) < 4.78 is 32.4. The van der Waals surface area contributed by atoms with Crippen LogP contribution in [0.25, 0.3) is 0 Å². The third kappa shape index (κ3) is 3.45. The molecule has 1 unspecified atom stereocenters. The van der Waals surface area contributed by atoms with Crippen LogP contribution < -0.4 is 5.32 Å². The summed E-state index contributed by atoms with van der Waals surface area (Å²) in [6.07, 6.45) is 0.999. The highest BCUT2D eigenvalue weighted by atomic mass is 32.2. The maximum Gasteiger partial charge on any atom is 0.263 e. The van der Waals surface area contributed by atoms with E-state index in [0.29, 0.717) is 26.3 Å². The molecule has 2 heterocycles. The van der Waals surface area contributed by atoms with Gasteiger partial charge in [-0.05, 0) is 26.8 Å². The number of aryl methyl sites for hydroxylation is 1. The molecule has 1 fully saturated rings. The maximum absolute atomic E-state index is 12.8. The van der Waals surface area contributed by atoms with Crippen LogP contribution in [0.2, 0.25) is 0 Å². The fraction of sp³-hybridized carbons (Fsp3) is 0.769. The summed E-state index contributed by atoms with van der Waals surface area (Å²) in [7, 11) is -3.59. The number of ether oxygens (including phenoxy) is 1. The lowest BCUT2D eigenvalue weighted by atomic mass is 10.2. The molecule has 0 spiro atoms. The number of morpholine rings is 1. The molecule has 0 amide bonds. The van der Waals surface area contributed by atoms with Crippen LogP contribution in [-0.2, 0) is 21.3 Å². The normalized spacial score (nSPS) is 20.8. The fourth-order valence-electron chi connectivity index (χ4n) is 2.42. The van der Waals surface area contributed by atoms with E-state index >= 15 is 0 Å². The predicted octanol–water partition coefficient (Wildman–Crippen LogP) is 0.627. The number of rotatable bonds is 6. The number of aromatic amines is 1. The molecule has 1 aliphatic heterocycles. The number of nitrogens with zero attached hydrogens (tertiary/aromatic N) is 2. The summed E-state index contributed by atoms with van der Waals surface area (Å²) in [4.78, 5) is 0. The van der Waals surface area contributed by atoms with E-state index < -0.39 is 10.0 Å². The van der Waals surface area contributed by atoms with Gasteiger partial charge < -0.3 is 10.1 Å². The van der Waals surface area contributed by atoms with Gasteiger partial charge in [0.05, 0.1) is 13.2 Å². The van der Waals surface area contributed by atoms with Crippen molar-refractivity contribution in [3.8, 4) is 0 Å². The molecule has 1 aromatic rings. The molecule has 0 radical (unpaired) electrons. The van der Waals surface area contributed by atoms with Crippen LogP contribution in [0.5, 0.6) is 0 Å². The van der Waals surface area contributed by atoms with Gasteiger partial charge in [-0.25, -0.2) is 8.42 Å². The first-order valence-electron chi connectivity index (χ1n) is 7.32. The van der Waals surface area contributed by atoms with Gasteiger partial charge in [0.1, 0.15) is 0 Å². The van der Waals surface area contributed by atoms with Crippen molar-refractivity contribution in [3.05, 3.63) is 11.3 Å². The topological polar surface area (TPSA) is 87.3 Å². The highest BCUT2D eigenvalue weighted by Crippen LogP contribution is 2.23. The lowest BCUT2D eigenvalue weighted by Crippen LogP contribution is -2.47. The summed E-state index contributed by atoms with van der Waals surface area (Å²) in [5.74, 6) is 0. The SMILES string of the molecule is CCCNCc1c(S(=O)(=O)N2CCOCC2C)n[nH]c1C. The van der Waals surface area contributed by atoms with Crippen LogP contribution in [0.3, 0.4) is 0 Å². The minimum absolute atomic E-state index is 0.136. The Bertz CT molecular complexity index is 570. The molecule has 1 aromatic heterocycles. The Kier molecular flexibility index (Phi) is 5.37. The lowest BCUT2D eigenvalue weighted by molar-refractivity contribution is 0.0391. The van der Waals surface area contributed by atoms with E-state index in [1.54, 1.807) is 0 Å². The molecule has 0 saturated carbocycles. The maximum atomic E-state index is 12.8. The van der Waals surface area contributed by atoms with Crippen molar-refractivity contribution < 1.29 is 13.2 Å². The molecule has 2 rings (SSSR count). The second-order valence-electron chi connectivity index (χ2n) is 5.35. The average Bonchev–Trinajstić information content (AvgIpc) is 2.82. The molecule has 21 heavy (non-hydrogen) atoms. The molecule has 1 aliphatic rings. The number of hydrogen-bond donors (Lipinski definition) is 2. The zero-order valence-electron chi connectivity index (χ0n) is 12.8. The number of nitrogens with one attached hydrogen (secondary N) is 2. The van der Waals surface area contributed by atoms with Gasteiger partial charge in [-0.3, -0.25) is 5.10 Å². The van der Waals surface area contributed by atoms with Crippen LogP contribution in [0, 0.1) is 6.92 Å². The molecule has 2 N–H and O–H groups in total. The Morgan fingerprint density at radius 3 is 2.95 bits per heavy atom. The van der Waals surface area contributed by atoms with Gasteiger partial charge >= 0.3 is 0 Å². The first kappa shape index (κ1) is 16.4. The van der Waals surface area contributed by atoms with Crippen LogP contribution in [-0.4, -0.2) is 55.3 Å². The number of aromatic nitrogens is 2. The second-order valence-corrected chi connectivity index (χ2v) is 7.15. The minimum Gasteiger partial charge on any atom is -0.378 e. The van der Waals surface area contributed by atoms with Crippen molar-refractivity contribution in [3.63, 3.8) is 0 Å². The molecular weight excluding hydrogens is 292 g/mol. The largest absolute Gasteiger partial charge is 0.378 e. The number of sulfonamides is 1. The lowest BCUT2D eigenvalue weighted by Gasteiger charge is -2.31. The van der Waals surface area contributed by atoms with Crippen LogP contribution in [0.15, 0.2) is 5.03 Å². The van der Waals surface area contributed by atoms with Crippen LogP contribution in [0.4, 0.5) is 0 Å². The Morgan fingerprint density at radius 2 is 2.29 bits per heavy atom. The highest BCUT2D eigenvalue weighted by Gasteiger charge is 2.35. The molecular formula is C13H24N4O3S. The van der Waals surface area contributed by atoms with E-state index in [-0.39, 0.29) is 11.1 Å². The van der Waals surface area contributed by atoms with Crippen molar-refractivity contribution in [2.75, 3.05) is 26.3 Å². The summed E-state index contributed by atoms with van der Waals surface area (Å²) >= 11 is 0. The van der Waals surface area contributed by atoms with E-state index in [4.69, 9.17) is 4.74 Å². The minimum atomic E-state index is -3.59. The standard InChI is InChI=1S/C13H24N4O3S/c1-4-5-14-8-12-11(3)15-16-13(12)21(18,19)17-6-7-20-9-10(17)2/h10,14H,4-9H2,1-3H3,(H,15,16). The van der Waals surface area contributed by atoms with Crippen LogP contribution in [0.1, 0.15) is 31.5 Å². The molecule has 1 atom stereocenters. The zero-order valence-corrected chi connectivity index (χ0v) is 13.7. The smallest absolute Gasteiger partial charge is 0.263 e. The molecule has 0 aromatic carbocycles. The van der Waals surface area contributed by atoms with Gasteiger partial charge in [0.2, 0.25) is 0 Å². The van der Waals surface area contributed by atoms with E-state index in [9.17, 15) is 8.42 Å². The third-order valence-electron chi connectivity index (χ3n) is 3.62. The van der Waals surface area contributed by atoms with Gasteiger partial charge in [0, 0.05) is 30.4 Å². The Hall–Kier alpha value is -0.960. The fourth-order valence-corrected chi connectivity index (χ4v) is 4.19. The summed E-state index contributed by atoms with van der Waals surface area (Å²) in [6, 6.07) is -0.169. The Labute approximate surface area is 126 Å². The van der Waals surface area contributed by atoms with E-state index in [2.05, 4.69) is 22.4 Å². The quantitative estimate of drug-likeness (QED) is 0.752. The van der Waals surface area contributed by atoms with Gasteiger partial charge in [-0.2, -0.15) is 9.40 Å². The molecule has 1 saturated heterocycles. The van der Waals surface area contributed by atoms with Crippen molar-refractivity contribution in [2.45, 2.75) is 44.8 Å². The first-order chi connectivity index (χ1) is 9.98. The van der Waals surface area contributed by atoms with Crippen molar-refractivity contribution in [1.29, 1.82) is 0 Å². The predicted molar refractivity (Wildman–Crippen MR) is 79.5 cm³/mol. The van der Waals surface area contributed by atoms with Gasteiger partial charge in [-0.1, -0.05) is 6.92 Å². The third-order valence-corrected chi connectivity index (χ3v) is 5.61. The summed E-state index contributed by atoms with van der Waals surface area (Å²) in [5, 5.41) is 10.2. The Morgan fingerprint density at radius 1 is 1.52 bits per heavy atom. The molecule has 7 nitrogen and oxygen atoms in total. The van der Waals surface area contributed by atoms with Gasteiger partial charge in [0.15, 0.2) is 5.03 Å². The van der Waals surface area contributed by atoms with Crippen molar-refractivity contribution in [1.82, 2.24) is 19.8 Å².